The number of hydrogen-bond acceptors (Lipinski definition) is 2. The summed E-state index contributed by atoms with van der Waals surface area (Å²) in [6.45, 7) is 2.13. The molecule has 0 saturated heterocycles. The van der Waals surface area contributed by atoms with Crippen LogP contribution < -0.4 is 5.32 Å². The summed E-state index contributed by atoms with van der Waals surface area (Å²) in [6, 6.07) is 8.82. The lowest BCUT2D eigenvalue weighted by Crippen LogP contribution is -2.36. The van der Waals surface area contributed by atoms with Crippen molar-refractivity contribution >= 4 is 17.7 Å². The minimum Gasteiger partial charge on any atom is -0.353 e. The third kappa shape index (κ3) is 6.13. The second-order valence-electron chi connectivity index (χ2n) is 6.03. The van der Waals surface area contributed by atoms with Gasteiger partial charge in [0.05, 0.1) is 5.75 Å². The highest BCUT2D eigenvalue weighted by Gasteiger charge is 2.13. The molecule has 2 rings (SSSR count). The molecule has 1 aliphatic rings. The van der Waals surface area contributed by atoms with Crippen LogP contribution in [0, 0.1) is 6.92 Å². The predicted molar refractivity (Wildman–Crippen MR) is 91.6 cm³/mol. The van der Waals surface area contributed by atoms with E-state index >= 15 is 0 Å². The molecule has 0 bridgehead atoms. The SMILES string of the molecule is Cc1ccccc1CSCC(=O)NC1CCCCCCC1. The maximum Gasteiger partial charge on any atom is 0.230 e. The average molecular weight is 305 g/mol. The van der Waals surface area contributed by atoms with E-state index < -0.39 is 0 Å². The summed E-state index contributed by atoms with van der Waals surface area (Å²) in [4.78, 5) is 12.1. The number of carbonyl (C=O) groups is 1. The Hall–Kier alpha value is -0.960. The molecule has 3 heteroatoms. The number of benzene rings is 1. The van der Waals surface area contributed by atoms with Crippen molar-refractivity contribution in [2.24, 2.45) is 0 Å². The van der Waals surface area contributed by atoms with Crippen LogP contribution in [0.2, 0.25) is 0 Å². The molecule has 0 atom stereocenters. The fraction of sp³-hybridized carbons (Fsp3) is 0.611. The van der Waals surface area contributed by atoms with Gasteiger partial charge in [-0.15, -0.1) is 11.8 Å². The van der Waals surface area contributed by atoms with Crippen LogP contribution in [0.5, 0.6) is 0 Å². The Kier molecular flexibility index (Phi) is 7.14. The fourth-order valence-corrected chi connectivity index (χ4v) is 3.81. The van der Waals surface area contributed by atoms with E-state index in [1.807, 2.05) is 0 Å². The molecule has 0 heterocycles. The Morgan fingerprint density at radius 1 is 1.14 bits per heavy atom. The number of amides is 1. The van der Waals surface area contributed by atoms with Gasteiger partial charge in [-0.3, -0.25) is 4.79 Å². The number of hydrogen-bond donors (Lipinski definition) is 1. The Balaban J connectivity index is 1.68. The molecule has 1 fully saturated rings. The highest BCUT2D eigenvalue weighted by molar-refractivity contribution is 7.99. The first kappa shape index (κ1) is 16.4. The number of nitrogens with one attached hydrogen (secondary N) is 1. The van der Waals surface area contributed by atoms with Gasteiger partial charge in [0.2, 0.25) is 5.91 Å². The van der Waals surface area contributed by atoms with Crippen molar-refractivity contribution in [2.75, 3.05) is 5.75 Å². The van der Waals surface area contributed by atoms with E-state index in [-0.39, 0.29) is 5.91 Å². The van der Waals surface area contributed by atoms with Crippen LogP contribution in [0.3, 0.4) is 0 Å². The average Bonchev–Trinajstić information content (AvgIpc) is 2.44. The summed E-state index contributed by atoms with van der Waals surface area (Å²) in [6.07, 6.45) is 8.88. The molecule has 1 aromatic carbocycles. The highest BCUT2D eigenvalue weighted by Crippen LogP contribution is 2.18. The molecule has 0 spiro atoms. The zero-order chi connectivity index (χ0) is 14.9. The minimum absolute atomic E-state index is 0.208. The molecule has 1 aromatic rings. The topological polar surface area (TPSA) is 29.1 Å². The van der Waals surface area contributed by atoms with E-state index in [1.165, 1.54) is 43.2 Å². The van der Waals surface area contributed by atoms with Crippen LogP contribution in [0.4, 0.5) is 0 Å². The summed E-state index contributed by atoms with van der Waals surface area (Å²) < 4.78 is 0. The third-order valence-electron chi connectivity index (χ3n) is 4.22. The van der Waals surface area contributed by atoms with Crippen LogP contribution >= 0.6 is 11.8 Å². The Morgan fingerprint density at radius 3 is 2.52 bits per heavy atom. The van der Waals surface area contributed by atoms with Gasteiger partial charge in [-0.25, -0.2) is 0 Å². The van der Waals surface area contributed by atoms with Gasteiger partial charge in [0, 0.05) is 11.8 Å². The lowest BCUT2D eigenvalue weighted by atomic mass is 9.97. The summed E-state index contributed by atoms with van der Waals surface area (Å²) >= 11 is 1.71. The van der Waals surface area contributed by atoms with Crippen molar-refractivity contribution in [1.82, 2.24) is 5.32 Å². The fourth-order valence-electron chi connectivity index (χ4n) is 2.90. The van der Waals surface area contributed by atoms with E-state index in [0.29, 0.717) is 11.8 Å². The van der Waals surface area contributed by atoms with E-state index in [0.717, 1.165) is 18.6 Å². The normalized spacial score (nSPS) is 17.0. The van der Waals surface area contributed by atoms with Crippen molar-refractivity contribution in [2.45, 2.75) is 63.7 Å². The molecule has 21 heavy (non-hydrogen) atoms. The van der Waals surface area contributed by atoms with Gasteiger partial charge in [-0.2, -0.15) is 0 Å². The monoisotopic (exact) mass is 305 g/mol. The van der Waals surface area contributed by atoms with Gasteiger partial charge >= 0.3 is 0 Å². The van der Waals surface area contributed by atoms with Gasteiger partial charge in [0.15, 0.2) is 0 Å². The molecule has 1 saturated carbocycles. The first-order chi connectivity index (χ1) is 10.3. The van der Waals surface area contributed by atoms with Crippen LogP contribution in [0.25, 0.3) is 0 Å². The molecule has 1 amide bonds. The van der Waals surface area contributed by atoms with E-state index in [1.54, 1.807) is 11.8 Å². The van der Waals surface area contributed by atoms with Gasteiger partial charge in [-0.05, 0) is 30.9 Å². The van der Waals surface area contributed by atoms with Crippen molar-refractivity contribution in [3.8, 4) is 0 Å². The van der Waals surface area contributed by atoms with Crippen molar-refractivity contribution in [3.63, 3.8) is 0 Å². The van der Waals surface area contributed by atoms with Gasteiger partial charge in [-0.1, -0.05) is 56.4 Å². The van der Waals surface area contributed by atoms with E-state index in [9.17, 15) is 4.79 Å². The van der Waals surface area contributed by atoms with Crippen LogP contribution in [-0.4, -0.2) is 17.7 Å². The number of aryl methyl sites for hydroxylation is 1. The molecule has 1 aliphatic carbocycles. The molecule has 0 aromatic heterocycles. The lowest BCUT2D eigenvalue weighted by Gasteiger charge is -2.21. The third-order valence-corrected chi connectivity index (χ3v) is 5.20. The van der Waals surface area contributed by atoms with Crippen molar-refractivity contribution in [3.05, 3.63) is 35.4 Å². The summed E-state index contributed by atoms with van der Waals surface area (Å²) in [7, 11) is 0. The zero-order valence-corrected chi connectivity index (χ0v) is 13.9. The van der Waals surface area contributed by atoms with Crippen LogP contribution in [-0.2, 0) is 10.5 Å². The first-order valence-corrected chi connectivity index (χ1v) is 9.33. The van der Waals surface area contributed by atoms with Crippen LogP contribution in [0.1, 0.15) is 56.1 Å². The van der Waals surface area contributed by atoms with Gasteiger partial charge in [0.25, 0.3) is 0 Å². The molecule has 116 valence electrons. The van der Waals surface area contributed by atoms with Gasteiger partial charge in [0.1, 0.15) is 0 Å². The molecule has 0 aliphatic heterocycles. The smallest absolute Gasteiger partial charge is 0.230 e. The molecular formula is C18H27NOS. The van der Waals surface area contributed by atoms with Crippen molar-refractivity contribution < 1.29 is 4.79 Å². The molecule has 0 unspecified atom stereocenters. The molecule has 1 N–H and O–H groups in total. The summed E-state index contributed by atoms with van der Waals surface area (Å²) in [5, 5.41) is 3.23. The first-order valence-electron chi connectivity index (χ1n) is 8.17. The summed E-state index contributed by atoms with van der Waals surface area (Å²) in [5.74, 6) is 1.70. The molecule has 2 nitrogen and oxygen atoms in total. The van der Waals surface area contributed by atoms with Crippen molar-refractivity contribution in [1.29, 1.82) is 0 Å². The van der Waals surface area contributed by atoms with E-state index in [2.05, 4.69) is 36.5 Å². The minimum atomic E-state index is 0.208. The highest BCUT2D eigenvalue weighted by atomic mass is 32.2. The van der Waals surface area contributed by atoms with Gasteiger partial charge < -0.3 is 5.32 Å². The quantitative estimate of drug-likeness (QED) is 0.870. The molecule has 0 radical (unpaired) electrons. The number of thioether (sulfide) groups is 1. The largest absolute Gasteiger partial charge is 0.353 e. The maximum atomic E-state index is 12.1. The maximum absolute atomic E-state index is 12.1. The van der Waals surface area contributed by atoms with Crippen LogP contribution in [0.15, 0.2) is 24.3 Å². The second kappa shape index (κ2) is 9.14. The zero-order valence-electron chi connectivity index (χ0n) is 13.1. The van der Waals surface area contributed by atoms with E-state index in [4.69, 9.17) is 0 Å². The molecular weight excluding hydrogens is 278 g/mol. The Morgan fingerprint density at radius 2 is 1.81 bits per heavy atom. The standard InChI is InChI=1S/C18H27NOS/c1-15-9-7-8-10-16(15)13-21-14-18(20)19-17-11-5-3-2-4-6-12-17/h7-10,17H,2-6,11-14H2,1H3,(H,19,20). The second-order valence-corrected chi connectivity index (χ2v) is 7.01. The number of carbonyl (C=O) groups excluding carboxylic acids is 1. The summed E-state index contributed by atoms with van der Waals surface area (Å²) in [5.41, 5.74) is 2.65. The predicted octanol–water partition coefficient (Wildman–Crippen LogP) is 4.46. The number of rotatable bonds is 5. The Bertz CT molecular complexity index is 439. The lowest BCUT2D eigenvalue weighted by molar-refractivity contribution is -0.119. The Labute approximate surface area is 133 Å².